The highest BCUT2D eigenvalue weighted by Crippen LogP contribution is 2.36. The van der Waals surface area contributed by atoms with Gasteiger partial charge in [0.2, 0.25) is 5.91 Å². The van der Waals surface area contributed by atoms with Crippen molar-refractivity contribution >= 4 is 23.2 Å². The number of aromatic amines is 1. The highest BCUT2D eigenvalue weighted by Gasteiger charge is 2.27. The molecule has 0 bridgehead atoms. The van der Waals surface area contributed by atoms with Crippen LogP contribution in [0.15, 0.2) is 59.5 Å². The number of aryl methyl sites for hydroxylation is 1. The van der Waals surface area contributed by atoms with Crippen molar-refractivity contribution in [1.29, 1.82) is 0 Å². The summed E-state index contributed by atoms with van der Waals surface area (Å²) < 4.78 is 0. The van der Waals surface area contributed by atoms with Crippen LogP contribution in [-0.4, -0.2) is 40.1 Å². The maximum Gasteiger partial charge on any atom is 0.226 e. The van der Waals surface area contributed by atoms with Crippen LogP contribution in [0.3, 0.4) is 0 Å². The normalized spacial score (nSPS) is 18.2. The second kappa shape index (κ2) is 10.2. The van der Waals surface area contributed by atoms with E-state index >= 15 is 0 Å². The number of aromatic nitrogens is 2. The molecule has 1 aromatic carbocycles. The largest absolute Gasteiger partial charge is 0.346 e. The van der Waals surface area contributed by atoms with Gasteiger partial charge in [-0.3, -0.25) is 9.79 Å². The minimum Gasteiger partial charge on any atom is -0.346 e. The fraction of sp³-hybridized carbons (Fsp3) is 0.367. The summed E-state index contributed by atoms with van der Waals surface area (Å²) in [6.45, 7) is 12.2. The molecule has 2 aliphatic rings. The van der Waals surface area contributed by atoms with Crippen LogP contribution < -0.4 is 5.32 Å². The van der Waals surface area contributed by atoms with Gasteiger partial charge in [0.15, 0.2) is 0 Å². The summed E-state index contributed by atoms with van der Waals surface area (Å²) in [5, 5.41) is 4.85. The SMILES string of the molecule is C=C(C)/N=C\C=C(/C)CC(=O)N1CCc2c(cc(-c3cnc4[nH]cc(C)c4c3)cc2C2CCCN2)C1. The minimum absolute atomic E-state index is 0.162. The third kappa shape index (κ3) is 5.05. The second-order valence-electron chi connectivity index (χ2n) is 10.2. The highest BCUT2D eigenvalue weighted by molar-refractivity contribution is 5.85. The first-order valence-electron chi connectivity index (χ1n) is 12.9. The van der Waals surface area contributed by atoms with E-state index in [1.807, 2.05) is 37.2 Å². The molecule has 186 valence electrons. The molecule has 0 spiro atoms. The van der Waals surface area contributed by atoms with Gasteiger partial charge in [0, 0.05) is 60.8 Å². The van der Waals surface area contributed by atoms with Gasteiger partial charge >= 0.3 is 0 Å². The Balaban J connectivity index is 1.45. The Morgan fingerprint density at radius 3 is 2.92 bits per heavy atom. The number of allylic oxidation sites excluding steroid dienone is 2. The van der Waals surface area contributed by atoms with Crippen LogP contribution in [0.25, 0.3) is 22.2 Å². The fourth-order valence-corrected chi connectivity index (χ4v) is 5.37. The topological polar surface area (TPSA) is 73.4 Å². The van der Waals surface area contributed by atoms with E-state index < -0.39 is 0 Å². The van der Waals surface area contributed by atoms with Gasteiger partial charge < -0.3 is 15.2 Å². The molecule has 0 aliphatic carbocycles. The quantitative estimate of drug-likeness (QED) is 0.438. The number of benzene rings is 1. The van der Waals surface area contributed by atoms with Gasteiger partial charge in [-0.15, -0.1) is 0 Å². The van der Waals surface area contributed by atoms with Crippen molar-refractivity contribution in [3.8, 4) is 11.1 Å². The summed E-state index contributed by atoms with van der Waals surface area (Å²) in [4.78, 5) is 27.3. The molecule has 1 fully saturated rings. The predicted molar refractivity (Wildman–Crippen MR) is 147 cm³/mol. The number of H-pyrrole nitrogens is 1. The van der Waals surface area contributed by atoms with Gasteiger partial charge in [0.1, 0.15) is 5.65 Å². The minimum atomic E-state index is 0.162. The Kier molecular flexibility index (Phi) is 6.88. The maximum absolute atomic E-state index is 13.2. The number of carbonyl (C=O) groups is 1. The Bertz CT molecular complexity index is 1370. The third-order valence-corrected chi connectivity index (χ3v) is 7.31. The summed E-state index contributed by atoms with van der Waals surface area (Å²) in [5.74, 6) is 0.162. The molecule has 1 saturated heterocycles. The summed E-state index contributed by atoms with van der Waals surface area (Å²) in [5.41, 5.74) is 10.2. The molecule has 1 unspecified atom stereocenters. The van der Waals surface area contributed by atoms with Crippen molar-refractivity contribution in [2.24, 2.45) is 4.99 Å². The Morgan fingerprint density at radius 1 is 1.28 bits per heavy atom. The molecule has 6 nitrogen and oxygen atoms in total. The van der Waals surface area contributed by atoms with E-state index in [-0.39, 0.29) is 5.91 Å². The van der Waals surface area contributed by atoms with Crippen molar-refractivity contribution in [3.63, 3.8) is 0 Å². The van der Waals surface area contributed by atoms with Gasteiger partial charge in [-0.2, -0.15) is 0 Å². The summed E-state index contributed by atoms with van der Waals surface area (Å²) >= 11 is 0. The van der Waals surface area contributed by atoms with Gasteiger partial charge in [-0.25, -0.2) is 4.98 Å². The van der Waals surface area contributed by atoms with E-state index in [0.717, 1.165) is 53.8 Å². The average Bonchev–Trinajstić information content (AvgIpc) is 3.53. The van der Waals surface area contributed by atoms with Gasteiger partial charge in [-0.1, -0.05) is 12.2 Å². The Morgan fingerprint density at radius 2 is 2.14 bits per heavy atom. The van der Waals surface area contributed by atoms with Crippen molar-refractivity contribution < 1.29 is 4.79 Å². The van der Waals surface area contributed by atoms with E-state index in [9.17, 15) is 4.79 Å². The predicted octanol–water partition coefficient (Wildman–Crippen LogP) is 5.79. The second-order valence-corrected chi connectivity index (χ2v) is 10.2. The zero-order valence-electron chi connectivity index (χ0n) is 21.5. The van der Waals surface area contributed by atoms with Crippen molar-refractivity contribution in [1.82, 2.24) is 20.2 Å². The standard InChI is InChI=1S/C30H35N5O/c1-19(2)31-10-7-20(3)12-29(36)35-11-8-25-24(18-35)13-22(14-27(25)28-6-5-9-32-28)23-15-26-21(4)16-33-30(26)34-17-23/h7,10,13-17,28,32H,1,5-6,8-9,11-12,18H2,2-4H3,(H,33,34)/b20-7+,31-10-. The van der Waals surface area contributed by atoms with E-state index in [1.54, 1.807) is 6.21 Å². The van der Waals surface area contributed by atoms with Crippen LogP contribution in [-0.2, 0) is 17.8 Å². The molecule has 0 radical (unpaired) electrons. The molecule has 2 aromatic heterocycles. The van der Waals surface area contributed by atoms with Crippen LogP contribution in [0.4, 0.5) is 0 Å². The number of hydrogen-bond donors (Lipinski definition) is 2. The molecule has 0 saturated carbocycles. The third-order valence-electron chi connectivity index (χ3n) is 7.31. The number of hydrogen-bond acceptors (Lipinski definition) is 4. The number of aliphatic imine (C=N–C) groups is 1. The average molecular weight is 482 g/mol. The van der Waals surface area contributed by atoms with Gasteiger partial charge in [0.05, 0.1) is 0 Å². The molecule has 2 N–H and O–H groups in total. The van der Waals surface area contributed by atoms with E-state index in [0.29, 0.717) is 19.0 Å². The van der Waals surface area contributed by atoms with Crippen LogP contribution >= 0.6 is 0 Å². The smallest absolute Gasteiger partial charge is 0.226 e. The highest BCUT2D eigenvalue weighted by atomic mass is 16.2. The molecule has 1 amide bonds. The van der Waals surface area contributed by atoms with Crippen molar-refractivity contribution in [3.05, 3.63) is 76.8 Å². The number of rotatable bonds is 6. The lowest BCUT2D eigenvalue weighted by Gasteiger charge is -2.32. The molecule has 2 aliphatic heterocycles. The van der Waals surface area contributed by atoms with Gasteiger partial charge in [-0.05, 0) is 98.7 Å². The molecule has 5 rings (SSSR count). The first kappa shape index (κ1) is 24.2. The molecule has 4 heterocycles. The Labute approximate surface area is 213 Å². The first-order valence-corrected chi connectivity index (χ1v) is 12.9. The van der Waals surface area contributed by atoms with E-state index in [4.69, 9.17) is 0 Å². The summed E-state index contributed by atoms with van der Waals surface area (Å²) in [7, 11) is 0. The van der Waals surface area contributed by atoms with Gasteiger partial charge in [0.25, 0.3) is 0 Å². The lowest BCUT2D eigenvalue weighted by atomic mass is 9.86. The van der Waals surface area contributed by atoms with Crippen LogP contribution in [0, 0.1) is 6.92 Å². The number of pyridine rings is 1. The molecule has 1 atom stereocenters. The molecular weight excluding hydrogens is 446 g/mol. The zero-order chi connectivity index (χ0) is 25.2. The Hall–Kier alpha value is -3.51. The number of nitrogens with zero attached hydrogens (tertiary/aromatic N) is 3. The van der Waals surface area contributed by atoms with Crippen LogP contribution in [0.2, 0.25) is 0 Å². The lowest BCUT2D eigenvalue weighted by Crippen LogP contribution is -2.36. The number of amides is 1. The van der Waals surface area contributed by atoms with Crippen LogP contribution in [0.5, 0.6) is 0 Å². The van der Waals surface area contributed by atoms with Crippen molar-refractivity contribution in [2.45, 2.75) is 59.0 Å². The molecular formula is C30H35N5O. The number of nitrogens with one attached hydrogen (secondary N) is 2. The molecule has 3 aromatic rings. The van der Waals surface area contributed by atoms with Crippen LogP contribution in [0.1, 0.15) is 61.4 Å². The molecule has 36 heavy (non-hydrogen) atoms. The summed E-state index contributed by atoms with van der Waals surface area (Å²) in [6.07, 6.45) is 11.2. The fourth-order valence-electron chi connectivity index (χ4n) is 5.37. The number of carbonyl (C=O) groups excluding carboxylic acids is 1. The van der Waals surface area contributed by atoms with E-state index in [1.165, 1.54) is 34.2 Å². The molecule has 6 heteroatoms. The first-order chi connectivity index (χ1) is 17.4. The van der Waals surface area contributed by atoms with E-state index in [2.05, 4.69) is 52.0 Å². The zero-order valence-corrected chi connectivity index (χ0v) is 21.5. The van der Waals surface area contributed by atoms with Crippen molar-refractivity contribution in [2.75, 3.05) is 13.1 Å². The monoisotopic (exact) mass is 481 g/mol. The number of fused-ring (bicyclic) bond motifs is 2. The summed E-state index contributed by atoms with van der Waals surface area (Å²) in [6, 6.07) is 7.25. The lowest BCUT2D eigenvalue weighted by molar-refractivity contribution is -0.131. The maximum atomic E-state index is 13.2.